The number of hydrogen-bond acceptors (Lipinski definition) is 2. The first kappa shape index (κ1) is 8.54. The first-order valence-electron chi connectivity index (χ1n) is 5.05. The Balaban J connectivity index is 2.04. The molecule has 0 radical (unpaired) electrons. The van der Waals surface area contributed by atoms with Crippen molar-refractivity contribution in [2.24, 2.45) is 5.92 Å². The second-order valence-corrected chi connectivity index (χ2v) is 3.72. The summed E-state index contributed by atoms with van der Waals surface area (Å²) in [6.07, 6.45) is 6.43. The third kappa shape index (κ3) is 1.82. The molecule has 1 aromatic heterocycles. The number of hydrogen-bond donors (Lipinski definition) is 0. The molecule has 2 nitrogen and oxygen atoms in total. The fraction of sp³-hybridized carbons (Fsp3) is 0.545. The maximum atomic E-state index is 4.14. The zero-order chi connectivity index (χ0) is 9.10. The molecule has 1 fully saturated rings. The second-order valence-electron chi connectivity index (χ2n) is 3.72. The fourth-order valence-corrected chi connectivity index (χ4v) is 1.94. The van der Waals surface area contributed by atoms with E-state index in [1.165, 1.54) is 31.6 Å². The van der Waals surface area contributed by atoms with E-state index < -0.39 is 0 Å². The lowest BCUT2D eigenvalue weighted by Gasteiger charge is -2.17. The number of pyridine rings is 1. The molecule has 1 unspecified atom stereocenters. The van der Waals surface area contributed by atoms with Gasteiger partial charge in [0.15, 0.2) is 0 Å². The monoisotopic (exact) mass is 176 g/mol. The quantitative estimate of drug-likeness (QED) is 0.687. The molecule has 13 heavy (non-hydrogen) atoms. The van der Waals surface area contributed by atoms with Crippen LogP contribution < -0.4 is 4.90 Å². The topological polar surface area (TPSA) is 16.1 Å². The molecule has 2 rings (SSSR count). The van der Waals surface area contributed by atoms with Crippen molar-refractivity contribution in [3.8, 4) is 0 Å². The van der Waals surface area contributed by atoms with Gasteiger partial charge >= 0.3 is 0 Å². The lowest BCUT2D eigenvalue weighted by molar-refractivity contribution is 0.569. The van der Waals surface area contributed by atoms with Crippen molar-refractivity contribution in [1.29, 1.82) is 0 Å². The fourth-order valence-electron chi connectivity index (χ4n) is 1.94. The van der Waals surface area contributed by atoms with Gasteiger partial charge in [-0.3, -0.25) is 4.98 Å². The Morgan fingerprint density at radius 1 is 1.62 bits per heavy atom. The molecular weight excluding hydrogens is 160 g/mol. The predicted molar refractivity (Wildman–Crippen MR) is 54.8 cm³/mol. The molecule has 0 N–H and O–H groups in total. The van der Waals surface area contributed by atoms with Gasteiger partial charge in [0.05, 0.1) is 11.9 Å². The van der Waals surface area contributed by atoms with Crippen LogP contribution in [0.4, 0.5) is 5.69 Å². The highest BCUT2D eigenvalue weighted by molar-refractivity contribution is 5.44. The number of aromatic nitrogens is 1. The lowest BCUT2D eigenvalue weighted by Crippen LogP contribution is -2.19. The average molecular weight is 176 g/mol. The molecule has 2 heteroatoms. The van der Waals surface area contributed by atoms with Crippen LogP contribution in [-0.2, 0) is 0 Å². The number of anilines is 1. The van der Waals surface area contributed by atoms with Crippen molar-refractivity contribution in [1.82, 2.24) is 4.98 Å². The minimum atomic E-state index is 0.889. The van der Waals surface area contributed by atoms with E-state index in [0.717, 1.165) is 5.92 Å². The average Bonchev–Trinajstić information content (AvgIpc) is 2.67. The van der Waals surface area contributed by atoms with Crippen LogP contribution in [0.15, 0.2) is 24.5 Å². The molecule has 0 bridgehead atoms. The van der Waals surface area contributed by atoms with Crippen LogP contribution in [0.2, 0.25) is 0 Å². The van der Waals surface area contributed by atoms with Crippen molar-refractivity contribution >= 4 is 5.69 Å². The summed E-state index contributed by atoms with van der Waals surface area (Å²) in [4.78, 5) is 6.57. The van der Waals surface area contributed by atoms with Gasteiger partial charge < -0.3 is 4.90 Å². The van der Waals surface area contributed by atoms with Crippen LogP contribution in [0.5, 0.6) is 0 Å². The van der Waals surface area contributed by atoms with Crippen molar-refractivity contribution in [2.45, 2.75) is 19.8 Å². The first-order chi connectivity index (χ1) is 6.40. The minimum absolute atomic E-state index is 0.889. The zero-order valence-corrected chi connectivity index (χ0v) is 8.11. The Morgan fingerprint density at radius 3 is 3.15 bits per heavy atom. The van der Waals surface area contributed by atoms with Crippen LogP contribution in [0.25, 0.3) is 0 Å². The summed E-state index contributed by atoms with van der Waals surface area (Å²) < 4.78 is 0. The van der Waals surface area contributed by atoms with Crippen molar-refractivity contribution < 1.29 is 0 Å². The highest BCUT2D eigenvalue weighted by Crippen LogP contribution is 2.24. The maximum absolute atomic E-state index is 4.14. The molecule has 0 aromatic carbocycles. The van der Waals surface area contributed by atoms with Gasteiger partial charge in [0.25, 0.3) is 0 Å². The summed E-state index contributed by atoms with van der Waals surface area (Å²) in [5.74, 6) is 0.889. The number of rotatable bonds is 2. The summed E-state index contributed by atoms with van der Waals surface area (Å²) in [5, 5.41) is 0. The highest BCUT2D eigenvalue weighted by Gasteiger charge is 2.20. The smallest absolute Gasteiger partial charge is 0.0552 e. The highest BCUT2D eigenvalue weighted by atomic mass is 15.2. The summed E-state index contributed by atoms with van der Waals surface area (Å²) >= 11 is 0. The van der Waals surface area contributed by atoms with E-state index in [1.807, 2.05) is 18.5 Å². The minimum Gasteiger partial charge on any atom is -0.370 e. The molecule has 1 aliphatic heterocycles. The molecule has 1 saturated heterocycles. The van der Waals surface area contributed by atoms with Crippen LogP contribution in [0.1, 0.15) is 19.8 Å². The second kappa shape index (κ2) is 3.77. The SMILES string of the molecule is CCC1CCN(c2cccnc2)C1. The molecular formula is C11H16N2. The third-order valence-electron chi connectivity index (χ3n) is 2.87. The molecule has 0 aliphatic carbocycles. The predicted octanol–water partition coefficient (Wildman–Crippen LogP) is 2.32. The number of nitrogens with zero attached hydrogens (tertiary/aromatic N) is 2. The Labute approximate surface area is 79.6 Å². The summed E-state index contributed by atoms with van der Waals surface area (Å²) in [5.41, 5.74) is 1.28. The summed E-state index contributed by atoms with van der Waals surface area (Å²) in [7, 11) is 0. The van der Waals surface area contributed by atoms with Crippen molar-refractivity contribution in [3.05, 3.63) is 24.5 Å². The van der Waals surface area contributed by atoms with Gasteiger partial charge in [0.2, 0.25) is 0 Å². The van der Waals surface area contributed by atoms with Gasteiger partial charge in [-0.05, 0) is 24.5 Å². The standard InChI is InChI=1S/C11H16N2/c1-2-10-5-7-13(9-10)11-4-3-6-12-8-11/h3-4,6,8,10H,2,5,7,9H2,1H3. The van der Waals surface area contributed by atoms with Crippen LogP contribution in [-0.4, -0.2) is 18.1 Å². The van der Waals surface area contributed by atoms with Crippen LogP contribution >= 0.6 is 0 Å². The molecule has 70 valence electrons. The zero-order valence-electron chi connectivity index (χ0n) is 8.11. The van der Waals surface area contributed by atoms with Gasteiger partial charge in [-0.2, -0.15) is 0 Å². The Hall–Kier alpha value is -1.05. The molecule has 1 aromatic rings. The Morgan fingerprint density at radius 2 is 2.54 bits per heavy atom. The van der Waals surface area contributed by atoms with E-state index in [4.69, 9.17) is 0 Å². The van der Waals surface area contributed by atoms with Crippen molar-refractivity contribution in [2.75, 3.05) is 18.0 Å². The maximum Gasteiger partial charge on any atom is 0.0552 e. The van der Waals surface area contributed by atoms with Gasteiger partial charge in [0.1, 0.15) is 0 Å². The molecule has 0 saturated carbocycles. The van der Waals surface area contributed by atoms with Gasteiger partial charge in [0, 0.05) is 19.3 Å². The molecule has 1 atom stereocenters. The Kier molecular flexibility index (Phi) is 2.48. The van der Waals surface area contributed by atoms with E-state index in [2.05, 4.69) is 22.9 Å². The Bertz CT molecular complexity index is 258. The summed E-state index contributed by atoms with van der Waals surface area (Å²) in [6, 6.07) is 4.15. The van der Waals surface area contributed by atoms with E-state index in [9.17, 15) is 0 Å². The lowest BCUT2D eigenvalue weighted by atomic mass is 10.1. The first-order valence-corrected chi connectivity index (χ1v) is 5.05. The van der Waals surface area contributed by atoms with Crippen LogP contribution in [0.3, 0.4) is 0 Å². The van der Waals surface area contributed by atoms with E-state index in [-0.39, 0.29) is 0 Å². The van der Waals surface area contributed by atoms with Crippen molar-refractivity contribution in [3.63, 3.8) is 0 Å². The molecule has 1 aliphatic rings. The van der Waals surface area contributed by atoms with E-state index in [1.54, 1.807) is 0 Å². The molecule has 0 amide bonds. The normalized spacial score (nSPS) is 22.2. The largest absolute Gasteiger partial charge is 0.370 e. The van der Waals surface area contributed by atoms with E-state index >= 15 is 0 Å². The van der Waals surface area contributed by atoms with Gasteiger partial charge in [-0.15, -0.1) is 0 Å². The molecule has 2 heterocycles. The summed E-state index contributed by atoms with van der Waals surface area (Å²) in [6.45, 7) is 4.68. The van der Waals surface area contributed by atoms with Gasteiger partial charge in [-0.25, -0.2) is 0 Å². The third-order valence-corrected chi connectivity index (χ3v) is 2.87. The van der Waals surface area contributed by atoms with Gasteiger partial charge in [-0.1, -0.05) is 13.3 Å². The van der Waals surface area contributed by atoms with Crippen LogP contribution in [0, 0.1) is 5.92 Å². The van der Waals surface area contributed by atoms with E-state index in [0.29, 0.717) is 0 Å². The molecule has 0 spiro atoms.